The summed E-state index contributed by atoms with van der Waals surface area (Å²) in [6.07, 6.45) is 0. The van der Waals surface area contributed by atoms with E-state index < -0.39 is 12.0 Å². The Bertz CT molecular complexity index is 789. The SMILES string of the molecule is CCOC(=O)C1=C(C)NC(=S)N(C(C)=O)[C@@H]1c1ccc2c(c1)OCO2. The van der Waals surface area contributed by atoms with Gasteiger partial charge in [-0.15, -0.1) is 0 Å². The fourth-order valence-electron chi connectivity index (χ4n) is 2.94. The van der Waals surface area contributed by atoms with Crippen molar-refractivity contribution in [3.63, 3.8) is 0 Å². The van der Waals surface area contributed by atoms with E-state index in [9.17, 15) is 9.59 Å². The van der Waals surface area contributed by atoms with Crippen molar-refractivity contribution in [2.45, 2.75) is 26.8 Å². The summed E-state index contributed by atoms with van der Waals surface area (Å²) >= 11 is 5.31. The Kier molecular flexibility index (Phi) is 4.63. The van der Waals surface area contributed by atoms with E-state index in [2.05, 4.69) is 5.32 Å². The zero-order chi connectivity index (χ0) is 18.1. The zero-order valence-corrected chi connectivity index (χ0v) is 14.9. The molecule has 1 aromatic rings. The minimum Gasteiger partial charge on any atom is -0.463 e. The zero-order valence-electron chi connectivity index (χ0n) is 14.1. The summed E-state index contributed by atoms with van der Waals surface area (Å²) in [4.78, 5) is 26.1. The second kappa shape index (κ2) is 6.72. The van der Waals surface area contributed by atoms with Crippen molar-refractivity contribution in [3.8, 4) is 11.5 Å². The average molecular weight is 362 g/mol. The summed E-state index contributed by atoms with van der Waals surface area (Å²) in [6, 6.07) is 4.59. The van der Waals surface area contributed by atoms with Crippen LogP contribution in [-0.2, 0) is 14.3 Å². The Hall–Kier alpha value is -2.61. The van der Waals surface area contributed by atoms with Crippen molar-refractivity contribution in [1.82, 2.24) is 10.2 Å². The Morgan fingerprint density at radius 2 is 2.08 bits per heavy atom. The van der Waals surface area contributed by atoms with Crippen LogP contribution in [0, 0.1) is 0 Å². The Morgan fingerprint density at radius 3 is 2.76 bits per heavy atom. The predicted molar refractivity (Wildman–Crippen MR) is 92.9 cm³/mol. The standard InChI is InChI=1S/C17H18N2O5S/c1-4-22-16(21)14-9(2)18-17(25)19(10(3)20)15(14)11-5-6-12-13(7-11)24-8-23-12/h5-7,15H,4,8H2,1-3H3,(H,18,25)/t15-/m1/s1. The van der Waals surface area contributed by atoms with Crippen LogP contribution in [0.3, 0.4) is 0 Å². The second-order valence-electron chi connectivity index (χ2n) is 5.59. The smallest absolute Gasteiger partial charge is 0.338 e. The number of esters is 1. The Morgan fingerprint density at radius 1 is 1.36 bits per heavy atom. The van der Waals surface area contributed by atoms with Gasteiger partial charge in [0.05, 0.1) is 18.2 Å². The van der Waals surface area contributed by atoms with E-state index in [1.54, 1.807) is 32.0 Å². The van der Waals surface area contributed by atoms with Gasteiger partial charge in [-0.2, -0.15) is 0 Å². The first-order chi connectivity index (χ1) is 11.9. The maximum absolute atomic E-state index is 12.5. The molecule has 3 rings (SSSR count). The van der Waals surface area contributed by atoms with Gasteiger partial charge in [0.1, 0.15) is 0 Å². The Labute approximate surface area is 150 Å². The maximum atomic E-state index is 12.5. The highest BCUT2D eigenvalue weighted by Gasteiger charge is 2.39. The monoisotopic (exact) mass is 362 g/mol. The lowest BCUT2D eigenvalue weighted by Gasteiger charge is -2.37. The topological polar surface area (TPSA) is 77.1 Å². The van der Waals surface area contributed by atoms with Crippen LogP contribution in [0.5, 0.6) is 11.5 Å². The molecule has 0 fully saturated rings. The number of carbonyl (C=O) groups excluding carboxylic acids is 2. The van der Waals surface area contributed by atoms with Crippen LogP contribution >= 0.6 is 12.2 Å². The van der Waals surface area contributed by atoms with Crippen molar-refractivity contribution in [2.24, 2.45) is 0 Å². The molecule has 0 aliphatic carbocycles. The third-order valence-corrected chi connectivity index (χ3v) is 4.29. The lowest BCUT2D eigenvalue weighted by molar-refractivity contribution is -0.139. The fraction of sp³-hybridized carbons (Fsp3) is 0.353. The van der Waals surface area contributed by atoms with Crippen molar-refractivity contribution < 1.29 is 23.8 Å². The van der Waals surface area contributed by atoms with E-state index in [0.717, 1.165) is 0 Å². The van der Waals surface area contributed by atoms with Crippen LogP contribution < -0.4 is 14.8 Å². The van der Waals surface area contributed by atoms with Crippen LogP contribution in [0.4, 0.5) is 0 Å². The van der Waals surface area contributed by atoms with Crippen molar-refractivity contribution >= 4 is 29.2 Å². The molecule has 0 radical (unpaired) electrons. The van der Waals surface area contributed by atoms with Crippen molar-refractivity contribution in [1.29, 1.82) is 0 Å². The number of carbonyl (C=O) groups is 2. The minimum absolute atomic E-state index is 0.138. The third-order valence-electron chi connectivity index (χ3n) is 4.00. The molecule has 0 saturated carbocycles. The van der Waals surface area contributed by atoms with E-state index in [1.807, 2.05) is 0 Å². The van der Waals surface area contributed by atoms with Gasteiger partial charge in [-0.1, -0.05) is 6.07 Å². The van der Waals surface area contributed by atoms with Crippen molar-refractivity contribution in [3.05, 3.63) is 35.0 Å². The molecular formula is C17H18N2O5S. The molecule has 1 aromatic carbocycles. The highest BCUT2D eigenvalue weighted by molar-refractivity contribution is 7.80. The summed E-state index contributed by atoms with van der Waals surface area (Å²) in [7, 11) is 0. The van der Waals surface area contributed by atoms with Crippen LogP contribution in [0.15, 0.2) is 29.5 Å². The molecule has 132 valence electrons. The molecule has 1 N–H and O–H groups in total. The predicted octanol–water partition coefficient (Wildman–Crippen LogP) is 2.03. The van der Waals surface area contributed by atoms with Gasteiger partial charge < -0.3 is 19.5 Å². The lowest BCUT2D eigenvalue weighted by atomic mass is 9.93. The summed E-state index contributed by atoms with van der Waals surface area (Å²) in [6.45, 7) is 5.23. The van der Waals surface area contributed by atoms with E-state index in [4.69, 9.17) is 26.4 Å². The van der Waals surface area contributed by atoms with Crippen LogP contribution in [0.25, 0.3) is 0 Å². The third kappa shape index (κ3) is 3.05. The number of thiocarbonyl (C=S) groups is 1. The highest BCUT2D eigenvalue weighted by atomic mass is 32.1. The maximum Gasteiger partial charge on any atom is 0.338 e. The number of rotatable bonds is 3. The molecule has 1 atom stereocenters. The van der Waals surface area contributed by atoms with Gasteiger partial charge in [-0.3, -0.25) is 9.69 Å². The Balaban J connectivity index is 2.14. The second-order valence-corrected chi connectivity index (χ2v) is 5.98. The number of ether oxygens (including phenoxy) is 3. The first-order valence-electron chi connectivity index (χ1n) is 7.82. The van der Waals surface area contributed by atoms with Gasteiger partial charge in [0.2, 0.25) is 12.7 Å². The van der Waals surface area contributed by atoms with Crippen molar-refractivity contribution in [2.75, 3.05) is 13.4 Å². The normalized spacial score (nSPS) is 18.9. The minimum atomic E-state index is -0.695. The molecule has 0 unspecified atom stereocenters. The lowest BCUT2D eigenvalue weighted by Crippen LogP contribution is -2.50. The molecule has 0 bridgehead atoms. The molecule has 2 aliphatic rings. The summed E-state index contributed by atoms with van der Waals surface area (Å²) < 4.78 is 15.9. The number of hydrogen-bond acceptors (Lipinski definition) is 6. The van der Waals surface area contributed by atoms with Gasteiger partial charge in [0, 0.05) is 12.6 Å². The molecule has 7 nitrogen and oxygen atoms in total. The van der Waals surface area contributed by atoms with Crippen LogP contribution in [-0.4, -0.2) is 35.3 Å². The van der Waals surface area contributed by atoms with Gasteiger partial charge in [0.15, 0.2) is 16.6 Å². The van der Waals surface area contributed by atoms with E-state index in [0.29, 0.717) is 28.3 Å². The van der Waals surface area contributed by atoms with Gasteiger partial charge >= 0.3 is 5.97 Å². The number of benzene rings is 1. The molecule has 2 aliphatic heterocycles. The first-order valence-corrected chi connectivity index (χ1v) is 8.23. The number of amides is 1. The molecule has 1 amide bonds. The van der Waals surface area contributed by atoms with E-state index in [-0.39, 0.29) is 24.4 Å². The number of nitrogens with zero attached hydrogens (tertiary/aromatic N) is 1. The van der Waals surface area contributed by atoms with Crippen LogP contribution in [0.1, 0.15) is 32.4 Å². The quantitative estimate of drug-likeness (QED) is 0.651. The summed E-state index contributed by atoms with van der Waals surface area (Å²) in [5, 5.41) is 3.15. The molecule has 25 heavy (non-hydrogen) atoms. The average Bonchev–Trinajstić information content (AvgIpc) is 3.01. The van der Waals surface area contributed by atoms with Crippen LogP contribution in [0.2, 0.25) is 0 Å². The van der Waals surface area contributed by atoms with Gasteiger partial charge in [-0.25, -0.2) is 4.79 Å². The van der Waals surface area contributed by atoms with Gasteiger partial charge in [0.25, 0.3) is 0 Å². The largest absolute Gasteiger partial charge is 0.463 e. The van der Waals surface area contributed by atoms with Gasteiger partial charge in [-0.05, 0) is 43.8 Å². The number of nitrogens with one attached hydrogen (secondary N) is 1. The van der Waals surface area contributed by atoms with E-state index >= 15 is 0 Å². The molecule has 0 spiro atoms. The molecular weight excluding hydrogens is 344 g/mol. The first kappa shape index (κ1) is 17.2. The molecule has 2 heterocycles. The number of fused-ring (bicyclic) bond motifs is 1. The summed E-state index contributed by atoms with van der Waals surface area (Å²) in [5.41, 5.74) is 1.58. The van der Waals surface area contributed by atoms with E-state index in [1.165, 1.54) is 11.8 Å². The number of hydrogen-bond donors (Lipinski definition) is 1. The molecule has 0 saturated heterocycles. The number of allylic oxidation sites excluding steroid dienone is 1. The fourth-order valence-corrected chi connectivity index (χ4v) is 3.32. The highest BCUT2D eigenvalue weighted by Crippen LogP contribution is 2.40. The summed E-state index contributed by atoms with van der Waals surface area (Å²) in [5.74, 6) is 0.401. The molecule has 0 aromatic heterocycles. The molecule has 8 heteroatoms.